The van der Waals surface area contributed by atoms with E-state index in [1.54, 1.807) is 16.8 Å². The summed E-state index contributed by atoms with van der Waals surface area (Å²) in [6.45, 7) is 5.85. The zero-order valence-corrected chi connectivity index (χ0v) is 21.8. The molecule has 0 atom stereocenters. The number of nitrogens with one attached hydrogen (secondary N) is 1. The molecule has 4 rings (SSSR count). The molecule has 5 nitrogen and oxygen atoms in total. The molecule has 0 fully saturated rings. The standard InChI is InChI=1S/C27H23BrFN3O2S/c1-16-13-24(17(2)12-22(16)28)35-15-25(33)31-30-14-21-18(3)26(32-11-5-4-6-23(21)32)27(34)19-7-9-20(29)10-8-19/h4-14H,15H2,1-3H3,(H,31,33). The van der Waals surface area contributed by atoms with Gasteiger partial charge in [0.05, 0.1) is 23.2 Å². The molecule has 0 unspecified atom stereocenters. The smallest absolute Gasteiger partial charge is 0.250 e. The fraction of sp³-hybridized carbons (Fsp3) is 0.148. The summed E-state index contributed by atoms with van der Waals surface area (Å²) in [5.41, 5.74) is 7.88. The molecule has 4 aromatic rings. The van der Waals surface area contributed by atoms with Crippen molar-refractivity contribution in [2.75, 3.05) is 5.75 Å². The second-order valence-electron chi connectivity index (χ2n) is 8.13. The minimum absolute atomic E-state index is 0.219. The molecule has 0 bridgehead atoms. The zero-order valence-electron chi connectivity index (χ0n) is 19.4. The van der Waals surface area contributed by atoms with Gasteiger partial charge in [0, 0.05) is 26.7 Å². The van der Waals surface area contributed by atoms with E-state index in [2.05, 4.69) is 32.5 Å². The molecule has 0 saturated carbocycles. The molecular formula is C27H23BrFN3O2S. The van der Waals surface area contributed by atoms with E-state index in [0.29, 0.717) is 11.3 Å². The number of hydrogen-bond donors (Lipinski definition) is 1. The van der Waals surface area contributed by atoms with E-state index in [1.807, 2.05) is 45.0 Å². The molecule has 178 valence electrons. The lowest BCUT2D eigenvalue weighted by Gasteiger charge is -2.08. The molecule has 0 aliphatic heterocycles. The van der Waals surface area contributed by atoms with Gasteiger partial charge in [-0.15, -0.1) is 11.8 Å². The minimum Gasteiger partial charge on any atom is -0.313 e. The fourth-order valence-electron chi connectivity index (χ4n) is 3.79. The highest BCUT2D eigenvalue weighted by Gasteiger charge is 2.21. The Hall–Kier alpha value is -3.23. The predicted molar refractivity (Wildman–Crippen MR) is 142 cm³/mol. The summed E-state index contributed by atoms with van der Waals surface area (Å²) in [7, 11) is 0. The second kappa shape index (κ2) is 10.6. The molecule has 35 heavy (non-hydrogen) atoms. The molecule has 0 saturated heterocycles. The largest absolute Gasteiger partial charge is 0.313 e. The quantitative estimate of drug-likeness (QED) is 0.128. The van der Waals surface area contributed by atoms with Gasteiger partial charge in [-0.1, -0.05) is 22.0 Å². The molecule has 2 aromatic heterocycles. The maximum absolute atomic E-state index is 13.3. The van der Waals surface area contributed by atoms with E-state index in [9.17, 15) is 14.0 Å². The van der Waals surface area contributed by atoms with Crippen molar-refractivity contribution in [1.82, 2.24) is 9.83 Å². The van der Waals surface area contributed by atoms with Gasteiger partial charge in [0.15, 0.2) is 0 Å². The lowest BCUT2D eigenvalue weighted by atomic mass is 10.0. The van der Waals surface area contributed by atoms with Crippen molar-refractivity contribution in [3.8, 4) is 0 Å². The highest BCUT2D eigenvalue weighted by molar-refractivity contribution is 9.10. The number of halogens is 2. The van der Waals surface area contributed by atoms with E-state index in [1.165, 1.54) is 36.0 Å². The third-order valence-electron chi connectivity index (χ3n) is 5.66. The first-order valence-corrected chi connectivity index (χ1v) is 12.7. The summed E-state index contributed by atoms with van der Waals surface area (Å²) < 4.78 is 16.2. The van der Waals surface area contributed by atoms with Crippen LogP contribution in [-0.2, 0) is 4.79 Å². The first-order chi connectivity index (χ1) is 16.8. The summed E-state index contributed by atoms with van der Waals surface area (Å²) in [5, 5.41) is 4.16. The monoisotopic (exact) mass is 551 g/mol. The predicted octanol–water partition coefficient (Wildman–Crippen LogP) is 6.24. The van der Waals surface area contributed by atoms with Crippen LogP contribution in [0.4, 0.5) is 4.39 Å². The van der Waals surface area contributed by atoms with Gasteiger partial charge in [0.2, 0.25) is 11.7 Å². The maximum atomic E-state index is 13.3. The number of carbonyl (C=O) groups excluding carboxylic acids is 2. The zero-order chi connectivity index (χ0) is 25.1. The van der Waals surface area contributed by atoms with Gasteiger partial charge in [-0.25, -0.2) is 9.82 Å². The van der Waals surface area contributed by atoms with Crippen molar-refractivity contribution in [2.24, 2.45) is 5.10 Å². The van der Waals surface area contributed by atoms with Crippen LogP contribution in [0.5, 0.6) is 0 Å². The number of benzene rings is 2. The average molecular weight is 552 g/mol. The van der Waals surface area contributed by atoms with E-state index in [-0.39, 0.29) is 17.4 Å². The average Bonchev–Trinajstić information content (AvgIpc) is 3.12. The van der Waals surface area contributed by atoms with Crippen molar-refractivity contribution >= 4 is 51.1 Å². The first kappa shape index (κ1) is 24.9. The summed E-state index contributed by atoms with van der Waals surface area (Å²) in [6.07, 6.45) is 3.36. The van der Waals surface area contributed by atoms with Crippen molar-refractivity contribution in [3.63, 3.8) is 0 Å². The van der Waals surface area contributed by atoms with Crippen molar-refractivity contribution < 1.29 is 14.0 Å². The fourth-order valence-corrected chi connectivity index (χ4v) is 5.15. The minimum atomic E-state index is -0.398. The lowest BCUT2D eigenvalue weighted by Crippen LogP contribution is -2.19. The van der Waals surface area contributed by atoms with Crippen LogP contribution in [0.3, 0.4) is 0 Å². The van der Waals surface area contributed by atoms with Crippen LogP contribution in [0.1, 0.15) is 38.3 Å². The Bertz CT molecular complexity index is 1460. The third-order valence-corrected chi connectivity index (χ3v) is 7.67. The van der Waals surface area contributed by atoms with Crippen LogP contribution >= 0.6 is 27.7 Å². The van der Waals surface area contributed by atoms with Crippen molar-refractivity contribution in [2.45, 2.75) is 25.7 Å². The Labute approximate surface area is 215 Å². The molecule has 0 spiro atoms. The first-order valence-electron chi connectivity index (χ1n) is 10.9. The normalized spacial score (nSPS) is 11.3. The number of aryl methyl sites for hydroxylation is 2. The van der Waals surface area contributed by atoms with Gasteiger partial charge in [0.1, 0.15) is 5.82 Å². The molecule has 0 aliphatic rings. The summed E-state index contributed by atoms with van der Waals surface area (Å²) in [5.74, 6) is -0.618. The highest BCUT2D eigenvalue weighted by atomic mass is 79.9. The number of amides is 1. The summed E-state index contributed by atoms with van der Waals surface area (Å²) >= 11 is 4.98. The van der Waals surface area contributed by atoms with Crippen LogP contribution in [0, 0.1) is 26.6 Å². The highest BCUT2D eigenvalue weighted by Crippen LogP contribution is 2.28. The molecule has 8 heteroatoms. The van der Waals surface area contributed by atoms with E-state index >= 15 is 0 Å². The summed E-state index contributed by atoms with van der Waals surface area (Å²) in [4.78, 5) is 26.7. The van der Waals surface area contributed by atoms with Gasteiger partial charge in [-0.2, -0.15) is 5.10 Å². The number of hydrogen-bond acceptors (Lipinski definition) is 4. The number of ketones is 1. The number of aromatic nitrogens is 1. The Kier molecular flexibility index (Phi) is 7.52. The Morgan fingerprint density at radius 1 is 1.09 bits per heavy atom. The van der Waals surface area contributed by atoms with Crippen molar-refractivity contribution in [3.05, 3.63) is 105 Å². The Balaban J connectivity index is 1.52. The van der Waals surface area contributed by atoms with E-state index in [0.717, 1.165) is 37.1 Å². The molecule has 2 aromatic carbocycles. The Morgan fingerprint density at radius 3 is 2.57 bits per heavy atom. The number of fused-ring (bicyclic) bond motifs is 1. The van der Waals surface area contributed by atoms with Crippen molar-refractivity contribution in [1.29, 1.82) is 0 Å². The summed E-state index contributed by atoms with van der Waals surface area (Å²) in [6, 6.07) is 15.2. The maximum Gasteiger partial charge on any atom is 0.250 e. The number of nitrogens with zero attached hydrogens (tertiary/aromatic N) is 2. The topological polar surface area (TPSA) is 62.9 Å². The van der Waals surface area contributed by atoms with Gasteiger partial charge in [0.25, 0.3) is 0 Å². The molecule has 2 heterocycles. The van der Waals surface area contributed by atoms with E-state index in [4.69, 9.17) is 0 Å². The number of hydrazone groups is 1. The molecule has 1 N–H and O–H groups in total. The third kappa shape index (κ3) is 5.39. The van der Waals surface area contributed by atoms with Gasteiger partial charge in [-0.05, 0) is 86.0 Å². The van der Waals surface area contributed by atoms with Crippen LogP contribution < -0.4 is 5.43 Å². The van der Waals surface area contributed by atoms with Crippen LogP contribution in [0.25, 0.3) is 5.52 Å². The Morgan fingerprint density at radius 2 is 1.83 bits per heavy atom. The number of pyridine rings is 1. The lowest BCUT2D eigenvalue weighted by molar-refractivity contribution is -0.118. The number of rotatable bonds is 7. The SMILES string of the molecule is Cc1cc(SCC(=O)NN=Cc2c(C)c(C(=O)c3ccc(F)cc3)n3ccccc23)c(C)cc1Br. The molecule has 0 radical (unpaired) electrons. The van der Waals surface area contributed by atoms with E-state index < -0.39 is 5.82 Å². The second-order valence-corrected chi connectivity index (χ2v) is 10.00. The van der Waals surface area contributed by atoms with Crippen LogP contribution in [-0.4, -0.2) is 28.1 Å². The molecule has 0 aliphatic carbocycles. The number of carbonyl (C=O) groups is 2. The van der Waals surface area contributed by atoms with Crippen LogP contribution in [0.2, 0.25) is 0 Å². The van der Waals surface area contributed by atoms with Gasteiger partial charge >= 0.3 is 0 Å². The number of thioether (sulfide) groups is 1. The van der Waals surface area contributed by atoms with Crippen LogP contribution in [0.15, 0.2) is 75.3 Å². The van der Waals surface area contributed by atoms with Gasteiger partial charge < -0.3 is 4.40 Å². The van der Waals surface area contributed by atoms with Gasteiger partial charge in [-0.3, -0.25) is 9.59 Å². The molecule has 1 amide bonds. The molecular weight excluding hydrogens is 529 g/mol.